The molecule has 2 unspecified atom stereocenters. The van der Waals surface area contributed by atoms with E-state index in [-0.39, 0.29) is 24.0 Å². The standard InChI is InChI=1S/C24H27ClN6O3/c1-14(2)30-11-16(9-27-30)22-19(25)10-26-24(29-22)28-20-7-4-15(8-21(20)33-3)23(32)31-17-5-6-18(31)13-34-12-17/h4,7-11,14,17-18H,5-6,12-13H2,1-3H3,(H,26,28,29). The number of rotatable bonds is 6. The summed E-state index contributed by atoms with van der Waals surface area (Å²) in [5, 5.41) is 7.99. The molecule has 2 bridgehead atoms. The van der Waals surface area contributed by atoms with Crippen LogP contribution in [0.25, 0.3) is 11.3 Å². The van der Waals surface area contributed by atoms with Crippen LogP contribution in [-0.4, -0.2) is 63.0 Å². The van der Waals surface area contributed by atoms with Crippen molar-refractivity contribution in [3.05, 3.63) is 47.4 Å². The molecule has 2 aliphatic heterocycles. The molecule has 0 radical (unpaired) electrons. The van der Waals surface area contributed by atoms with Crippen LogP contribution < -0.4 is 10.1 Å². The number of nitrogens with one attached hydrogen (secondary N) is 1. The average molecular weight is 483 g/mol. The second-order valence-electron chi connectivity index (χ2n) is 8.87. The molecule has 3 aromatic rings. The van der Waals surface area contributed by atoms with E-state index in [4.69, 9.17) is 21.1 Å². The number of hydrogen-bond acceptors (Lipinski definition) is 7. The number of halogens is 1. The van der Waals surface area contributed by atoms with Gasteiger partial charge in [0.05, 0.1) is 61.2 Å². The highest BCUT2D eigenvalue weighted by molar-refractivity contribution is 6.32. The lowest BCUT2D eigenvalue weighted by molar-refractivity contribution is -0.00716. The Bertz CT molecular complexity index is 1200. The fourth-order valence-electron chi connectivity index (χ4n) is 4.53. The SMILES string of the molecule is COc1cc(C(=O)N2C3CCC2COC3)ccc1Nc1ncc(Cl)c(-c2cnn(C(C)C)c2)n1. The second kappa shape index (κ2) is 9.23. The molecule has 10 heteroatoms. The molecular formula is C24H27ClN6O3. The lowest BCUT2D eigenvalue weighted by atomic mass is 10.1. The van der Waals surface area contributed by atoms with Crippen molar-refractivity contribution in [3.63, 3.8) is 0 Å². The highest BCUT2D eigenvalue weighted by Gasteiger charge is 2.40. The Morgan fingerprint density at radius 2 is 2.00 bits per heavy atom. The third-order valence-electron chi connectivity index (χ3n) is 6.32. The van der Waals surface area contributed by atoms with E-state index in [9.17, 15) is 4.79 Å². The number of carbonyl (C=O) groups excluding carboxylic acids is 1. The van der Waals surface area contributed by atoms with Gasteiger partial charge in [-0.05, 0) is 44.9 Å². The molecule has 0 saturated carbocycles. The lowest BCUT2D eigenvalue weighted by Gasteiger charge is -2.34. The van der Waals surface area contributed by atoms with Gasteiger partial charge >= 0.3 is 0 Å². The number of nitrogens with zero attached hydrogens (tertiary/aromatic N) is 5. The molecular weight excluding hydrogens is 456 g/mol. The van der Waals surface area contributed by atoms with Gasteiger partial charge in [-0.25, -0.2) is 9.97 Å². The molecule has 2 aromatic heterocycles. The molecule has 9 nitrogen and oxygen atoms in total. The van der Waals surface area contributed by atoms with E-state index in [0.717, 1.165) is 18.4 Å². The third kappa shape index (κ3) is 4.21. The van der Waals surface area contributed by atoms with Gasteiger partial charge in [-0.2, -0.15) is 5.10 Å². The lowest BCUT2D eigenvalue weighted by Crippen LogP contribution is -2.49. The zero-order valence-electron chi connectivity index (χ0n) is 19.4. The molecule has 2 fully saturated rings. The Balaban J connectivity index is 1.39. The van der Waals surface area contributed by atoms with Crippen LogP contribution in [0.2, 0.25) is 5.02 Å². The monoisotopic (exact) mass is 482 g/mol. The summed E-state index contributed by atoms with van der Waals surface area (Å²) >= 11 is 6.37. The molecule has 4 heterocycles. The predicted octanol–water partition coefficient (Wildman–Crippen LogP) is 4.33. The summed E-state index contributed by atoms with van der Waals surface area (Å²) in [5.74, 6) is 0.896. The van der Waals surface area contributed by atoms with Crippen molar-refractivity contribution >= 4 is 29.1 Å². The van der Waals surface area contributed by atoms with Gasteiger partial charge in [-0.1, -0.05) is 11.6 Å². The Labute approximate surface area is 203 Å². The summed E-state index contributed by atoms with van der Waals surface area (Å²) in [6, 6.07) is 5.88. The van der Waals surface area contributed by atoms with E-state index in [0.29, 0.717) is 46.9 Å². The van der Waals surface area contributed by atoms with Crippen molar-refractivity contribution in [3.8, 4) is 17.0 Å². The third-order valence-corrected chi connectivity index (χ3v) is 6.59. The molecule has 2 aliphatic rings. The average Bonchev–Trinajstić information content (AvgIpc) is 3.42. The smallest absolute Gasteiger partial charge is 0.254 e. The van der Waals surface area contributed by atoms with Gasteiger partial charge in [0.2, 0.25) is 5.95 Å². The Morgan fingerprint density at radius 3 is 2.68 bits per heavy atom. The maximum absolute atomic E-state index is 13.2. The molecule has 0 spiro atoms. The Morgan fingerprint density at radius 1 is 1.24 bits per heavy atom. The van der Waals surface area contributed by atoms with E-state index < -0.39 is 0 Å². The molecule has 0 aliphatic carbocycles. The first-order valence-electron chi connectivity index (χ1n) is 11.4. The zero-order valence-corrected chi connectivity index (χ0v) is 20.1. The molecule has 1 N–H and O–H groups in total. The van der Waals surface area contributed by atoms with Crippen LogP contribution in [0.3, 0.4) is 0 Å². The summed E-state index contributed by atoms with van der Waals surface area (Å²) in [4.78, 5) is 24.1. The van der Waals surface area contributed by atoms with Crippen LogP contribution >= 0.6 is 11.6 Å². The van der Waals surface area contributed by atoms with E-state index >= 15 is 0 Å². The minimum absolute atomic E-state index is 0.00726. The first-order valence-corrected chi connectivity index (χ1v) is 11.7. The molecule has 5 rings (SSSR count). The van der Waals surface area contributed by atoms with E-state index in [1.165, 1.54) is 0 Å². The normalized spacial score (nSPS) is 19.5. The summed E-state index contributed by atoms with van der Waals surface area (Å²) in [6.07, 6.45) is 7.16. The van der Waals surface area contributed by atoms with Crippen molar-refractivity contribution in [2.45, 2.75) is 44.8 Å². The largest absolute Gasteiger partial charge is 0.495 e. The van der Waals surface area contributed by atoms with Gasteiger partial charge in [0.25, 0.3) is 5.91 Å². The van der Waals surface area contributed by atoms with Crippen LogP contribution in [0.15, 0.2) is 36.8 Å². The maximum atomic E-state index is 13.2. The summed E-state index contributed by atoms with van der Waals surface area (Å²) < 4.78 is 13.0. The van der Waals surface area contributed by atoms with Crippen molar-refractivity contribution in [1.29, 1.82) is 0 Å². The van der Waals surface area contributed by atoms with Gasteiger partial charge in [-0.3, -0.25) is 9.48 Å². The summed E-state index contributed by atoms with van der Waals surface area (Å²) in [7, 11) is 1.57. The number of benzene rings is 1. The zero-order chi connectivity index (χ0) is 23.8. The summed E-state index contributed by atoms with van der Waals surface area (Å²) in [5.41, 5.74) is 2.62. The van der Waals surface area contributed by atoms with Gasteiger partial charge in [0, 0.05) is 23.4 Å². The Kier molecular flexibility index (Phi) is 6.14. The Hall–Kier alpha value is -3.17. The number of anilines is 2. The van der Waals surface area contributed by atoms with Crippen molar-refractivity contribution in [2.75, 3.05) is 25.6 Å². The van der Waals surface area contributed by atoms with Gasteiger partial charge in [-0.15, -0.1) is 0 Å². The van der Waals surface area contributed by atoms with Crippen molar-refractivity contribution in [1.82, 2.24) is 24.6 Å². The number of carbonyl (C=O) groups is 1. The molecule has 2 atom stereocenters. The first-order chi connectivity index (χ1) is 16.4. The maximum Gasteiger partial charge on any atom is 0.254 e. The fourth-order valence-corrected chi connectivity index (χ4v) is 4.73. The number of methoxy groups -OCH3 is 1. The predicted molar refractivity (Wildman–Crippen MR) is 129 cm³/mol. The van der Waals surface area contributed by atoms with E-state index in [1.807, 2.05) is 21.8 Å². The van der Waals surface area contributed by atoms with Crippen LogP contribution in [0.5, 0.6) is 5.75 Å². The molecule has 1 amide bonds. The number of fused-ring (bicyclic) bond motifs is 2. The summed E-state index contributed by atoms with van der Waals surface area (Å²) in [6.45, 7) is 5.31. The quantitative estimate of drug-likeness (QED) is 0.558. The van der Waals surface area contributed by atoms with Gasteiger partial charge in [0.15, 0.2) is 0 Å². The number of amides is 1. The number of ether oxygens (including phenoxy) is 2. The minimum atomic E-state index is 0.00726. The van der Waals surface area contributed by atoms with E-state index in [2.05, 4.69) is 34.2 Å². The highest BCUT2D eigenvalue weighted by atomic mass is 35.5. The van der Waals surface area contributed by atoms with Crippen LogP contribution in [0.4, 0.5) is 11.6 Å². The van der Waals surface area contributed by atoms with Gasteiger partial charge in [0.1, 0.15) is 5.75 Å². The second-order valence-corrected chi connectivity index (χ2v) is 9.28. The van der Waals surface area contributed by atoms with Crippen LogP contribution in [-0.2, 0) is 4.74 Å². The number of hydrogen-bond donors (Lipinski definition) is 1. The molecule has 2 saturated heterocycles. The van der Waals surface area contributed by atoms with Crippen LogP contribution in [0.1, 0.15) is 43.1 Å². The van der Waals surface area contributed by atoms with Crippen molar-refractivity contribution < 1.29 is 14.3 Å². The van der Waals surface area contributed by atoms with E-state index in [1.54, 1.807) is 31.6 Å². The van der Waals surface area contributed by atoms with Gasteiger partial charge < -0.3 is 19.7 Å². The number of morpholine rings is 1. The molecule has 178 valence electrons. The number of aromatic nitrogens is 4. The fraction of sp³-hybridized carbons (Fsp3) is 0.417. The minimum Gasteiger partial charge on any atom is -0.495 e. The van der Waals surface area contributed by atoms with Crippen LogP contribution in [0, 0.1) is 0 Å². The highest BCUT2D eigenvalue weighted by Crippen LogP contribution is 2.34. The molecule has 34 heavy (non-hydrogen) atoms. The molecule has 1 aromatic carbocycles. The topological polar surface area (TPSA) is 94.4 Å². The first kappa shape index (κ1) is 22.6. The van der Waals surface area contributed by atoms with Crippen molar-refractivity contribution in [2.24, 2.45) is 0 Å².